The maximum absolute atomic E-state index is 4.75. The first-order valence-corrected chi connectivity index (χ1v) is 2.24. The largest absolute Gasteiger partial charge is 0.307 e. The van der Waals surface area contributed by atoms with Crippen molar-refractivity contribution >= 4 is 24.4 Å². The molecule has 0 spiro atoms. The zero-order chi connectivity index (χ0) is 3.54. The predicted octanol–water partition coefficient (Wildman–Crippen LogP) is 1.60. The smallest absolute Gasteiger partial charge is 0.0808 e. The van der Waals surface area contributed by atoms with Gasteiger partial charge >= 0.3 is 0 Å². The summed E-state index contributed by atoms with van der Waals surface area (Å²) >= 11 is 1.39. The van der Waals surface area contributed by atoms with Gasteiger partial charge in [-0.3, -0.25) is 0 Å². The molecule has 1 aliphatic rings. The lowest BCUT2D eigenvalue weighted by Crippen LogP contribution is -1.64. The van der Waals surface area contributed by atoms with Gasteiger partial charge < -0.3 is 4.18 Å². The molecule has 0 fully saturated rings. The fourth-order valence-corrected chi connectivity index (χ4v) is 0.589. The van der Waals surface area contributed by atoms with Crippen molar-refractivity contribution in [1.82, 2.24) is 0 Å². The summed E-state index contributed by atoms with van der Waals surface area (Å²) in [6.07, 6.45) is 1.98. The second kappa shape index (κ2) is 3.53. The Morgan fingerprint density at radius 3 is 2.67 bits per heavy atom. The minimum absolute atomic E-state index is 0. The molecule has 0 aromatic heterocycles. The minimum Gasteiger partial charge on any atom is -0.307 e. The molecule has 1 rings (SSSR count). The van der Waals surface area contributed by atoms with Gasteiger partial charge in [-0.05, 0) is 11.5 Å². The number of hydrogen-bond donors (Lipinski definition) is 0. The van der Waals surface area contributed by atoms with E-state index >= 15 is 0 Å². The van der Waals surface area contributed by atoms with Crippen molar-refractivity contribution in [3.05, 3.63) is 11.5 Å². The maximum Gasteiger partial charge on any atom is 0.0808 e. The first-order valence-electron chi connectivity index (χ1n) is 1.43. The second-order valence-corrected chi connectivity index (χ2v) is 1.45. The van der Waals surface area contributed by atoms with Gasteiger partial charge in [0.25, 0.3) is 0 Å². The third-order valence-corrected chi connectivity index (χ3v) is 0.960. The molecule has 0 atom stereocenters. The van der Waals surface area contributed by atoms with Crippen LogP contribution in [0.2, 0.25) is 0 Å². The highest BCUT2D eigenvalue weighted by Gasteiger charge is 1.84. The maximum atomic E-state index is 4.75. The van der Waals surface area contributed by atoms with Crippen LogP contribution in [-0.2, 0) is 4.18 Å². The van der Waals surface area contributed by atoms with Gasteiger partial charge in [-0.2, -0.15) is 0 Å². The topological polar surface area (TPSA) is 9.23 Å². The molecule has 0 unspecified atom stereocenters. The van der Waals surface area contributed by atoms with Crippen LogP contribution in [0.4, 0.5) is 0 Å². The highest BCUT2D eigenvalue weighted by molar-refractivity contribution is 7.97. The highest BCUT2D eigenvalue weighted by atomic mass is 35.5. The molecule has 0 saturated heterocycles. The number of rotatable bonds is 0. The molecular formula is C3H5ClOS. The minimum atomic E-state index is 0. The Hall–Kier alpha value is 0.340. The standard InChI is InChI=1S/C3H4OS.ClH/c1-2-4-5-3-1;/h1,3H,2H2;1H. The van der Waals surface area contributed by atoms with Crippen molar-refractivity contribution in [2.45, 2.75) is 0 Å². The lowest BCUT2D eigenvalue weighted by atomic mass is 10.7. The molecule has 1 aliphatic heterocycles. The lowest BCUT2D eigenvalue weighted by molar-refractivity contribution is 0.442. The Morgan fingerprint density at radius 2 is 2.50 bits per heavy atom. The summed E-state index contributed by atoms with van der Waals surface area (Å²) in [6, 6.07) is 0. The summed E-state index contributed by atoms with van der Waals surface area (Å²) in [4.78, 5) is 0. The molecule has 0 aromatic rings. The van der Waals surface area contributed by atoms with Crippen molar-refractivity contribution < 1.29 is 4.18 Å². The lowest BCUT2D eigenvalue weighted by Gasteiger charge is -1.75. The SMILES string of the molecule is C1=CSOC1.Cl. The van der Waals surface area contributed by atoms with Crippen molar-refractivity contribution in [3.63, 3.8) is 0 Å². The molecule has 1 heterocycles. The van der Waals surface area contributed by atoms with E-state index in [1.54, 1.807) is 0 Å². The van der Waals surface area contributed by atoms with Gasteiger partial charge in [0.2, 0.25) is 0 Å². The van der Waals surface area contributed by atoms with Crippen molar-refractivity contribution in [2.24, 2.45) is 0 Å². The van der Waals surface area contributed by atoms with Crippen LogP contribution in [-0.4, -0.2) is 6.61 Å². The van der Waals surface area contributed by atoms with E-state index < -0.39 is 0 Å². The fourth-order valence-electron chi connectivity index (χ4n) is 0.196. The van der Waals surface area contributed by atoms with Gasteiger partial charge in [0.05, 0.1) is 6.61 Å². The number of hydrogen-bond acceptors (Lipinski definition) is 2. The van der Waals surface area contributed by atoms with E-state index in [2.05, 4.69) is 0 Å². The molecule has 3 heteroatoms. The third-order valence-electron chi connectivity index (χ3n) is 0.384. The quantitative estimate of drug-likeness (QED) is 0.454. The summed E-state index contributed by atoms with van der Waals surface area (Å²) in [5.41, 5.74) is 0. The van der Waals surface area contributed by atoms with Crippen LogP contribution < -0.4 is 0 Å². The highest BCUT2D eigenvalue weighted by Crippen LogP contribution is 2.09. The molecule has 1 nitrogen and oxygen atoms in total. The third kappa shape index (κ3) is 1.70. The number of halogens is 1. The molecule has 36 valence electrons. The van der Waals surface area contributed by atoms with Crippen LogP contribution >= 0.6 is 24.4 Å². The predicted molar refractivity (Wildman–Crippen MR) is 29.9 cm³/mol. The van der Waals surface area contributed by atoms with Crippen molar-refractivity contribution in [3.8, 4) is 0 Å². The Balaban J connectivity index is 0.000000250. The van der Waals surface area contributed by atoms with E-state index in [0.717, 1.165) is 6.61 Å². The average Bonchev–Trinajstić information content (AvgIpc) is 1.76. The van der Waals surface area contributed by atoms with Crippen LogP contribution in [0.15, 0.2) is 11.5 Å². The second-order valence-electron chi connectivity index (χ2n) is 0.753. The Bertz CT molecular complexity index is 48.8. The Kier molecular flexibility index (Phi) is 3.73. The zero-order valence-electron chi connectivity index (χ0n) is 3.09. The van der Waals surface area contributed by atoms with E-state index in [-0.39, 0.29) is 12.4 Å². The van der Waals surface area contributed by atoms with Crippen LogP contribution in [0.3, 0.4) is 0 Å². The molecule has 0 bridgehead atoms. The van der Waals surface area contributed by atoms with E-state index in [0.29, 0.717) is 0 Å². The molecular weight excluding hydrogens is 120 g/mol. The van der Waals surface area contributed by atoms with Gasteiger partial charge in [-0.15, -0.1) is 12.4 Å². The van der Waals surface area contributed by atoms with E-state index in [1.165, 1.54) is 12.0 Å². The van der Waals surface area contributed by atoms with Crippen LogP contribution in [0.1, 0.15) is 0 Å². The van der Waals surface area contributed by atoms with Gasteiger partial charge in [0.15, 0.2) is 0 Å². The average molecular weight is 125 g/mol. The van der Waals surface area contributed by atoms with E-state index in [1.807, 2.05) is 11.5 Å². The van der Waals surface area contributed by atoms with Crippen molar-refractivity contribution in [2.75, 3.05) is 6.61 Å². The van der Waals surface area contributed by atoms with Gasteiger partial charge in [-0.25, -0.2) is 0 Å². The molecule has 0 radical (unpaired) electrons. The normalized spacial score (nSPS) is 17.3. The molecule has 6 heavy (non-hydrogen) atoms. The van der Waals surface area contributed by atoms with Gasteiger partial charge in [-0.1, -0.05) is 0 Å². The Labute approximate surface area is 47.4 Å². The van der Waals surface area contributed by atoms with Crippen molar-refractivity contribution in [1.29, 1.82) is 0 Å². The zero-order valence-corrected chi connectivity index (χ0v) is 4.72. The molecule has 0 N–H and O–H groups in total. The molecule has 0 aliphatic carbocycles. The van der Waals surface area contributed by atoms with Crippen LogP contribution in [0.5, 0.6) is 0 Å². The van der Waals surface area contributed by atoms with E-state index in [9.17, 15) is 0 Å². The van der Waals surface area contributed by atoms with Crippen LogP contribution in [0.25, 0.3) is 0 Å². The van der Waals surface area contributed by atoms with E-state index in [4.69, 9.17) is 4.18 Å². The summed E-state index contributed by atoms with van der Waals surface area (Å²) in [5, 5.41) is 1.93. The van der Waals surface area contributed by atoms with Gasteiger partial charge in [0, 0.05) is 12.0 Å². The summed E-state index contributed by atoms with van der Waals surface area (Å²) in [6.45, 7) is 0.782. The summed E-state index contributed by atoms with van der Waals surface area (Å²) in [5.74, 6) is 0. The summed E-state index contributed by atoms with van der Waals surface area (Å²) < 4.78 is 4.75. The monoisotopic (exact) mass is 124 g/mol. The summed E-state index contributed by atoms with van der Waals surface area (Å²) in [7, 11) is 0. The fraction of sp³-hybridized carbons (Fsp3) is 0.333. The molecule has 0 aromatic carbocycles. The molecule has 0 saturated carbocycles. The first kappa shape index (κ1) is 6.34. The van der Waals surface area contributed by atoms with Gasteiger partial charge in [0.1, 0.15) is 0 Å². The molecule has 0 amide bonds. The van der Waals surface area contributed by atoms with Crippen LogP contribution in [0, 0.1) is 0 Å². The first-order chi connectivity index (χ1) is 2.50. The Morgan fingerprint density at radius 1 is 1.67 bits per heavy atom.